The zero-order chi connectivity index (χ0) is 14.8. The van der Waals surface area contributed by atoms with Gasteiger partial charge in [0, 0.05) is 11.3 Å². The summed E-state index contributed by atoms with van der Waals surface area (Å²) >= 11 is 0. The van der Waals surface area contributed by atoms with Gasteiger partial charge in [0.1, 0.15) is 5.75 Å². The third-order valence-corrected chi connectivity index (χ3v) is 4.01. The molecule has 0 aliphatic rings. The highest BCUT2D eigenvalue weighted by molar-refractivity contribution is 5.73. The molecule has 2 aromatic rings. The average Bonchev–Trinajstić information content (AvgIpc) is 2.97. The molecule has 0 saturated carbocycles. The Morgan fingerprint density at radius 2 is 2.00 bits per heavy atom. The van der Waals surface area contributed by atoms with Crippen molar-refractivity contribution in [3.05, 3.63) is 18.2 Å². The molecule has 0 aliphatic carbocycles. The number of aromatic nitrogens is 4. The van der Waals surface area contributed by atoms with Crippen molar-refractivity contribution in [2.75, 3.05) is 12.8 Å². The Morgan fingerprint density at radius 1 is 1.30 bits per heavy atom. The molecule has 20 heavy (non-hydrogen) atoms. The maximum absolute atomic E-state index is 6.07. The number of nitrogens with two attached hydrogens (primary N) is 1. The molecule has 1 heterocycles. The Bertz CT molecular complexity index is 589. The van der Waals surface area contributed by atoms with Crippen LogP contribution in [-0.2, 0) is 5.54 Å². The van der Waals surface area contributed by atoms with Gasteiger partial charge in [-0.05, 0) is 48.4 Å². The summed E-state index contributed by atoms with van der Waals surface area (Å²) in [5, 5.41) is 12.1. The molecule has 2 rings (SSSR count). The van der Waals surface area contributed by atoms with Crippen LogP contribution in [0.25, 0.3) is 11.4 Å². The molecule has 1 aromatic heterocycles. The molecular weight excluding hydrogens is 254 g/mol. The van der Waals surface area contributed by atoms with E-state index < -0.39 is 0 Å². The lowest BCUT2D eigenvalue weighted by molar-refractivity contribution is 0.262. The fourth-order valence-electron chi connectivity index (χ4n) is 2.12. The molecule has 6 nitrogen and oxygen atoms in total. The minimum atomic E-state index is -0.131. The molecule has 108 valence electrons. The second-order valence-electron chi connectivity index (χ2n) is 5.07. The first-order valence-corrected chi connectivity index (χ1v) is 6.78. The summed E-state index contributed by atoms with van der Waals surface area (Å²) in [6, 6.07) is 5.50. The van der Waals surface area contributed by atoms with Crippen LogP contribution in [0.5, 0.6) is 5.75 Å². The lowest BCUT2D eigenvalue weighted by Crippen LogP contribution is -2.30. The van der Waals surface area contributed by atoms with Gasteiger partial charge in [-0.15, -0.1) is 5.10 Å². The van der Waals surface area contributed by atoms with Crippen LogP contribution < -0.4 is 10.5 Å². The molecule has 0 saturated heterocycles. The van der Waals surface area contributed by atoms with Crippen LogP contribution in [0.1, 0.15) is 33.6 Å². The van der Waals surface area contributed by atoms with Gasteiger partial charge in [-0.1, -0.05) is 13.8 Å². The lowest BCUT2D eigenvalue weighted by Gasteiger charge is -2.27. The summed E-state index contributed by atoms with van der Waals surface area (Å²) in [5.74, 6) is 1.41. The highest BCUT2D eigenvalue weighted by Gasteiger charge is 2.28. The predicted octanol–water partition coefficient (Wildman–Crippen LogP) is 2.47. The summed E-state index contributed by atoms with van der Waals surface area (Å²) in [7, 11) is 1.63. The molecule has 0 atom stereocenters. The fraction of sp³-hybridized carbons (Fsp3) is 0.500. The van der Waals surface area contributed by atoms with Gasteiger partial charge in [0.25, 0.3) is 0 Å². The van der Waals surface area contributed by atoms with Gasteiger partial charge in [-0.2, -0.15) is 0 Å². The van der Waals surface area contributed by atoms with Crippen molar-refractivity contribution >= 4 is 5.69 Å². The first-order valence-electron chi connectivity index (χ1n) is 6.78. The SMILES string of the molecule is CCC(C)(CC)n1nnnc1-c1cc(OC)ccc1N. The zero-order valence-corrected chi connectivity index (χ0v) is 12.4. The minimum Gasteiger partial charge on any atom is -0.497 e. The Kier molecular flexibility index (Phi) is 3.92. The second kappa shape index (κ2) is 5.48. The number of hydrogen-bond acceptors (Lipinski definition) is 5. The third kappa shape index (κ3) is 2.33. The topological polar surface area (TPSA) is 78.8 Å². The molecule has 0 fully saturated rings. The van der Waals surface area contributed by atoms with E-state index >= 15 is 0 Å². The van der Waals surface area contributed by atoms with Crippen LogP contribution in [-0.4, -0.2) is 27.3 Å². The van der Waals surface area contributed by atoms with Gasteiger partial charge in [-0.3, -0.25) is 0 Å². The maximum Gasteiger partial charge on any atom is 0.184 e. The smallest absolute Gasteiger partial charge is 0.184 e. The molecule has 0 bridgehead atoms. The lowest BCUT2D eigenvalue weighted by atomic mass is 9.95. The quantitative estimate of drug-likeness (QED) is 0.848. The van der Waals surface area contributed by atoms with Crippen molar-refractivity contribution in [1.82, 2.24) is 20.2 Å². The van der Waals surface area contributed by atoms with Crippen LogP contribution in [0.15, 0.2) is 18.2 Å². The highest BCUT2D eigenvalue weighted by Crippen LogP contribution is 2.32. The third-order valence-electron chi connectivity index (χ3n) is 4.01. The van der Waals surface area contributed by atoms with E-state index in [1.54, 1.807) is 7.11 Å². The van der Waals surface area contributed by atoms with E-state index in [1.165, 1.54) is 0 Å². The van der Waals surface area contributed by atoms with E-state index in [4.69, 9.17) is 10.5 Å². The monoisotopic (exact) mass is 275 g/mol. The van der Waals surface area contributed by atoms with E-state index in [2.05, 4.69) is 36.3 Å². The zero-order valence-electron chi connectivity index (χ0n) is 12.4. The molecule has 0 spiro atoms. The number of hydrogen-bond donors (Lipinski definition) is 1. The van der Waals surface area contributed by atoms with Crippen molar-refractivity contribution in [2.24, 2.45) is 0 Å². The van der Waals surface area contributed by atoms with Crippen LogP contribution in [0.3, 0.4) is 0 Å². The van der Waals surface area contributed by atoms with Gasteiger partial charge in [0.15, 0.2) is 5.82 Å². The molecule has 1 aromatic carbocycles. The van der Waals surface area contributed by atoms with E-state index in [0.29, 0.717) is 11.5 Å². The van der Waals surface area contributed by atoms with Crippen LogP contribution in [0, 0.1) is 0 Å². The predicted molar refractivity (Wildman–Crippen MR) is 78.4 cm³/mol. The van der Waals surface area contributed by atoms with Crippen LogP contribution in [0.2, 0.25) is 0 Å². The maximum atomic E-state index is 6.07. The second-order valence-corrected chi connectivity index (χ2v) is 5.07. The van der Waals surface area contributed by atoms with E-state index in [0.717, 1.165) is 24.2 Å². The number of nitrogens with zero attached hydrogens (tertiary/aromatic N) is 4. The first-order chi connectivity index (χ1) is 9.55. The molecule has 0 aliphatic heterocycles. The van der Waals surface area contributed by atoms with Gasteiger partial charge >= 0.3 is 0 Å². The van der Waals surface area contributed by atoms with Crippen molar-refractivity contribution < 1.29 is 4.74 Å². The number of nitrogen functional groups attached to an aromatic ring is 1. The number of ether oxygens (including phenoxy) is 1. The minimum absolute atomic E-state index is 0.131. The Morgan fingerprint density at radius 3 is 2.60 bits per heavy atom. The van der Waals surface area contributed by atoms with Crippen molar-refractivity contribution in [1.29, 1.82) is 0 Å². The number of rotatable bonds is 5. The molecule has 0 unspecified atom stereocenters. The fourth-order valence-corrected chi connectivity index (χ4v) is 2.12. The molecule has 0 radical (unpaired) electrons. The summed E-state index contributed by atoms with van der Waals surface area (Å²) in [4.78, 5) is 0. The normalized spacial score (nSPS) is 11.6. The van der Waals surface area contributed by atoms with Crippen molar-refractivity contribution in [2.45, 2.75) is 39.2 Å². The van der Waals surface area contributed by atoms with Crippen molar-refractivity contribution in [3.8, 4) is 17.1 Å². The highest BCUT2D eigenvalue weighted by atomic mass is 16.5. The van der Waals surface area contributed by atoms with Gasteiger partial charge in [0.05, 0.1) is 12.6 Å². The largest absolute Gasteiger partial charge is 0.497 e. The molecule has 0 amide bonds. The summed E-state index contributed by atoms with van der Waals surface area (Å²) in [6.07, 6.45) is 1.87. The molecular formula is C14H21N5O. The number of anilines is 1. The van der Waals surface area contributed by atoms with Gasteiger partial charge in [0.2, 0.25) is 0 Å². The summed E-state index contributed by atoms with van der Waals surface area (Å²) in [6.45, 7) is 6.40. The summed E-state index contributed by atoms with van der Waals surface area (Å²) < 4.78 is 7.11. The number of tetrazole rings is 1. The molecule has 6 heteroatoms. The van der Waals surface area contributed by atoms with E-state index in [1.807, 2.05) is 22.9 Å². The summed E-state index contributed by atoms with van der Waals surface area (Å²) in [5.41, 5.74) is 7.36. The Balaban J connectivity index is 2.58. The molecule has 2 N–H and O–H groups in total. The van der Waals surface area contributed by atoms with Gasteiger partial charge < -0.3 is 10.5 Å². The van der Waals surface area contributed by atoms with E-state index in [9.17, 15) is 0 Å². The first kappa shape index (κ1) is 14.3. The number of methoxy groups -OCH3 is 1. The average molecular weight is 275 g/mol. The van der Waals surface area contributed by atoms with E-state index in [-0.39, 0.29) is 5.54 Å². The van der Waals surface area contributed by atoms with Crippen LogP contribution in [0.4, 0.5) is 5.69 Å². The standard InChI is InChI=1S/C14H21N5O/c1-5-14(3,6-2)19-13(16-17-18-19)11-9-10(20-4)7-8-12(11)15/h7-9H,5-6,15H2,1-4H3. The van der Waals surface area contributed by atoms with Crippen molar-refractivity contribution in [3.63, 3.8) is 0 Å². The van der Waals surface area contributed by atoms with Gasteiger partial charge in [-0.25, -0.2) is 4.68 Å². The Labute approximate surface area is 118 Å². The van der Waals surface area contributed by atoms with Crippen LogP contribution >= 0.6 is 0 Å². The number of benzene rings is 1. The Hall–Kier alpha value is -2.11.